The molecule has 1 N–H and O–H groups in total. The quantitative estimate of drug-likeness (QED) is 0.679. The number of carbonyl (C=O) groups excluding carboxylic acids is 2. The lowest BCUT2D eigenvalue weighted by Crippen LogP contribution is -2.54. The molecule has 0 aliphatic carbocycles. The summed E-state index contributed by atoms with van der Waals surface area (Å²) in [5.74, 6) is 0.732. The second kappa shape index (κ2) is 9.94. The van der Waals surface area contributed by atoms with E-state index >= 15 is 0 Å². The van der Waals surface area contributed by atoms with Crippen molar-refractivity contribution in [3.8, 4) is 5.75 Å². The summed E-state index contributed by atoms with van der Waals surface area (Å²) in [5, 5.41) is 5.05. The molecular formula is C25H35N3O3S. The zero-order chi connectivity index (χ0) is 23.5. The number of nitrogens with zero attached hydrogens (tertiary/aromatic N) is 2. The zero-order valence-electron chi connectivity index (χ0n) is 20.0. The molecule has 1 unspecified atom stereocenters. The average Bonchev–Trinajstić information content (AvgIpc) is 3.18. The van der Waals surface area contributed by atoms with Crippen molar-refractivity contribution < 1.29 is 14.3 Å². The van der Waals surface area contributed by atoms with Gasteiger partial charge in [-0.1, -0.05) is 17.7 Å². The van der Waals surface area contributed by atoms with Crippen molar-refractivity contribution in [3.63, 3.8) is 0 Å². The summed E-state index contributed by atoms with van der Waals surface area (Å²) < 4.78 is 6.09. The monoisotopic (exact) mass is 457 g/mol. The van der Waals surface area contributed by atoms with Gasteiger partial charge in [0, 0.05) is 23.0 Å². The maximum atomic E-state index is 13.4. The molecule has 2 aromatic rings. The molecule has 1 aliphatic rings. The lowest BCUT2D eigenvalue weighted by Gasteiger charge is -2.38. The fourth-order valence-corrected chi connectivity index (χ4v) is 4.73. The number of fused-ring (bicyclic) bond motifs is 1. The highest BCUT2D eigenvalue weighted by atomic mass is 32.1. The van der Waals surface area contributed by atoms with Crippen molar-refractivity contribution in [2.75, 3.05) is 19.7 Å². The zero-order valence-corrected chi connectivity index (χ0v) is 20.8. The minimum atomic E-state index is -0.367. The molecule has 0 radical (unpaired) electrons. The van der Waals surface area contributed by atoms with Gasteiger partial charge in [-0.3, -0.25) is 4.79 Å². The van der Waals surface area contributed by atoms with Crippen LogP contribution in [-0.2, 0) is 11.2 Å². The SMILES string of the molecule is Cc1ccc(OCC2c3ccsc3CCN2C(=O)CN(C(=O)NC(C)(C)C)C(C)C)cc1. The molecular weight excluding hydrogens is 422 g/mol. The Morgan fingerprint density at radius 1 is 1.22 bits per heavy atom. The Balaban J connectivity index is 1.76. The lowest BCUT2D eigenvalue weighted by molar-refractivity contribution is -0.135. The number of thiophene rings is 1. The van der Waals surface area contributed by atoms with E-state index in [4.69, 9.17) is 4.74 Å². The van der Waals surface area contributed by atoms with Gasteiger partial charge in [0.05, 0.1) is 6.04 Å². The van der Waals surface area contributed by atoms with Crippen molar-refractivity contribution in [1.29, 1.82) is 0 Å². The van der Waals surface area contributed by atoms with E-state index in [1.54, 1.807) is 16.2 Å². The van der Waals surface area contributed by atoms with Crippen LogP contribution in [0, 0.1) is 6.92 Å². The highest BCUT2D eigenvalue weighted by Crippen LogP contribution is 2.34. The van der Waals surface area contributed by atoms with Crippen molar-refractivity contribution in [2.24, 2.45) is 0 Å². The fraction of sp³-hybridized carbons (Fsp3) is 0.520. The molecule has 0 spiro atoms. The lowest BCUT2D eigenvalue weighted by atomic mass is 10.0. The molecule has 1 aromatic heterocycles. The number of rotatable bonds is 6. The minimum absolute atomic E-state index is 0.0417. The summed E-state index contributed by atoms with van der Waals surface area (Å²) >= 11 is 1.73. The normalized spacial score (nSPS) is 16.0. The molecule has 6 nitrogen and oxygen atoms in total. The first-order valence-corrected chi connectivity index (χ1v) is 12.1. The smallest absolute Gasteiger partial charge is 0.318 e. The van der Waals surface area contributed by atoms with Gasteiger partial charge in [0.25, 0.3) is 0 Å². The largest absolute Gasteiger partial charge is 0.491 e. The number of nitrogens with one attached hydrogen (secondary N) is 1. The Morgan fingerprint density at radius 2 is 1.91 bits per heavy atom. The van der Waals surface area contributed by atoms with Crippen LogP contribution in [0.3, 0.4) is 0 Å². The van der Waals surface area contributed by atoms with Crippen LogP contribution >= 0.6 is 11.3 Å². The first-order valence-electron chi connectivity index (χ1n) is 11.2. The predicted octanol–water partition coefficient (Wildman–Crippen LogP) is 4.78. The third-order valence-corrected chi connectivity index (χ3v) is 6.51. The van der Waals surface area contributed by atoms with E-state index < -0.39 is 0 Å². The Bertz CT molecular complexity index is 931. The molecule has 1 aliphatic heterocycles. The molecule has 2 heterocycles. The van der Waals surface area contributed by atoms with Gasteiger partial charge in [-0.15, -0.1) is 11.3 Å². The van der Waals surface area contributed by atoms with Gasteiger partial charge in [-0.05, 0) is 77.1 Å². The summed E-state index contributed by atoms with van der Waals surface area (Å²) in [7, 11) is 0. The second-order valence-corrected chi connectivity index (χ2v) is 10.7. The van der Waals surface area contributed by atoms with Gasteiger partial charge in [0.2, 0.25) is 5.91 Å². The van der Waals surface area contributed by atoms with Gasteiger partial charge >= 0.3 is 6.03 Å². The first kappa shape index (κ1) is 24.1. The minimum Gasteiger partial charge on any atom is -0.491 e. The van der Waals surface area contributed by atoms with Crippen LogP contribution < -0.4 is 10.1 Å². The number of benzene rings is 1. The molecule has 32 heavy (non-hydrogen) atoms. The highest BCUT2D eigenvalue weighted by molar-refractivity contribution is 7.10. The molecule has 0 saturated heterocycles. The Labute approximate surface area is 195 Å². The second-order valence-electron chi connectivity index (χ2n) is 9.68. The summed E-state index contributed by atoms with van der Waals surface area (Å²) in [6.07, 6.45) is 0.829. The Morgan fingerprint density at radius 3 is 2.53 bits per heavy atom. The van der Waals surface area contributed by atoms with E-state index in [0.29, 0.717) is 13.2 Å². The van der Waals surface area contributed by atoms with Gasteiger partial charge < -0.3 is 19.9 Å². The van der Waals surface area contributed by atoms with Crippen LogP contribution in [0.2, 0.25) is 0 Å². The summed E-state index contributed by atoms with van der Waals surface area (Å²) in [6.45, 7) is 12.8. The maximum Gasteiger partial charge on any atom is 0.318 e. The number of aryl methyl sites for hydroxylation is 1. The van der Waals surface area contributed by atoms with Crippen LogP contribution in [0.25, 0.3) is 0 Å². The first-order chi connectivity index (χ1) is 15.0. The van der Waals surface area contributed by atoms with Gasteiger partial charge in [-0.25, -0.2) is 4.79 Å². The molecule has 0 fully saturated rings. The summed E-state index contributed by atoms with van der Waals surface area (Å²) in [5.41, 5.74) is 1.96. The number of hydrogen-bond acceptors (Lipinski definition) is 4. The van der Waals surface area contributed by atoms with Gasteiger partial charge in [0.15, 0.2) is 0 Å². The summed E-state index contributed by atoms with van der Waals surface area (Å²) in [6, 6.07) is 9.55. The van der Waals surface area contributed by atoms with Crippen molar-refractivity contribution in [3.05, 3.63) is 51.7 Å². The van der Waals surface area contributed by atoms with Crippen LogP contribution in [0.15, 0.2) is 35.7 Å². The van der Waals surface area contributed by atoms with Crippen molar-refractivity contribution in [1.82, 2.24) is 15.1 Å². The van der Waals surface area contributed by atoms with Crippen LogP contribution in [-0.4, -0.2) is 53.0 Å². The number of amides is 3. The van der Waals surface area contributed by atoms with Crippen molar-refractivity contribution in [2.45, 2.75) is 65.6 Å². The van der Waals surface area contributed by atoms with Crippen LogP contribution in [0.1, 0.15) is 56.7 Å². The standard InChI is InChI=1S/C25H35N3O3S/c1-17(2)28(24(30)26-25(4,5)6)15-23(29)27-13-11-22-20(12-14-32-22)21(27)16-31-19-9-7-18(3)8-10-19/h7-10,12,14,17,21H,11,13,15-16H2,1-6H3,(H,26,30). The van der Waals surface area contributed by atoms with E-state index in [1.165, 1.54) is 10.4 Å². The highest BCUT2D eigenvalue weighted by Gasteiger charge is 2.34. The number of carbonyl (C=O) groups is 2. The van der Waals surface area contributed by atoms with E-state index in [9.17, 15) is 9.59 Å². The number of urea groups is 1. The van der Waals surface area contributed by atoms with E-state index in [2.05, 4.69) is 16.8 Å². The van der Waals surface area contributed by atoms with Gasteiger partial charge in [0.1, 0.15) is 18.9 Å². The molecule has 0 saturated carbocycles. The van der Waals surface area contributed by atoms with Gasteiger partial charge in [-0.2, -0.15) is 0 Å². The number of hydrogen-bond donors (Lipinski definition) is 1. The average molecular weight is 458 g/mol. The molecule has 1 atom stereocenters. The van der Waals surface area contributed by atoms with Crippen LogP contribution in [0.5, 0.6) is 5.75 Å². The van der Waals surface area contributed by atoms with E-state index in [-0.39, 0.29) is 36.1 Å². The molecule has 174 valence electrons. The fourth-order valence-electron chi connectivity index (χ4n) is 3.80. The van der Waals surface area contributed by atoms with Crippen LogP contribution in [0.4, 0.5) is 4.79 Å². The van der Waals surface area contributed by atoms with Crippen molar-refractivity contribution >= 4 is 23.3 Å². The van der Waals surface area contributed by atoms with E-state index in [0.717, 1.165) is 17.7 Å². The predicted molar refractivity (Wildman–Crippen MR) is 129 cm³/mol. The number of ether oxygens (including phenoxy) is 1. The Hall–Kier alpha value is -2.54. The third-order valence-electron chi connectivity index (χ3n) is 5.52. The topological polar surface area (TPSA) is 61.9 Å². The molecule has 0 bridgehead atoms. The molecule has 3 amide bonds. The summed E-state index contributed by atoms with van der Waals surface area (Å²) in [4.78, 5) is 31.0. The molecule has 1 aromatic carbocycles. The van der Waals surface area contributed by atoms with E-state index in [1.807, 2.05) is 70.7 Å². The molecule has 3 rings (SSSR count). The third kappa shape index (κ3) is 6.03. The maximum absolute atomic E-state index is 13.4. The Kier molecular flexibility index (Phi) is 7.49. The molecule has 7 heteroatoms.